The lowest BCUT2D eigenvalue weighted by atomic mass is 10.1. The smallest absolute Gasteiger partial charge is 0.302 e. The van der Waals surface area contributed by atoms with Crippen molar-refractivity contribution in [2.75, 3.05) is 18.8 Å². The van der Waals surface area contributed by atoms with Gasteiger partial charge in [-0.2, -0.15) is 8.42 Å². The summed E-state index contributed by atoms with van der Waals surface area (Å²) in [6, 6.07) is 5.23. The summed E-state index contributed by atoms with van der Waals surface area (Å²) in [6.45, 7) is 0.711. The number of carbonyl (C=O) groups is 1. The Hall–Kier alpha value is -0.850. The number of nitrogens with zero attached hydrogens (tertiary/aromatic N) is 1. The predicted molar refractivity (Wildman–Crippen MR) is 79.7 cm³/mol. The molecule has 1 aromatic rings. The molecule has 0 N–H and O–H groups in total. The fourth-order valence-corrected chi connectivity index (χ4v) is 3.53. The number of amides is 1. The van der Waals surface area contributed by atoms with E-state index >= 15 is 0 Å². The zero-order chi connectivity index (χ0) is 15.6. The molecule has 0 aliphatic carbocycles. The maximum Gasteiger partial charge on any atom is 0.302 e. The molecule has 0 radical (unpaired) electrons. The Labute approximate surface area is 133 Å². The van der Waals surface area contributed by atoms with Crippen molar-refractivity contribution in [3.8, 4) is 0 Å². The number of hydrogen-bond acceptors (Lipinski definition) is 3. The van der Waals surface area contributed by atoms with Crippen LogP contribution in [-0.2, 0) is 21.4 Å². The molecular formula is C13H14Cl2FNO3S. The van der Waals surface area contributed by atoms with Gasteiger partial charge in [-0.25, -0.2) is 0 Å². The zero-order valence-corrected chi connectivity index (χ0v) is 13.4. The molecule has 1 aromatic carbocycles. The molecule has 21 heavy (non-hydrogen) atoms. The molecule has 116 valence electrons. The van der Waals surface area contributed by atoms with Crippen molar-refractivity contribution in [2.45, 2.75) is 12.8 Å². The Kier molecular flexibility index (Phi) is 5.11. The fraction of sp³-hybridized carbons (Fsp3) is 0.462. The Bertz CT molecular complexity index is 651. The molecule has 1 atom stereocenters. The lowest BCUT2D eigenvalue weighted by Crippen LogP contribution is -2.28. The van der Waals surface area contributed by atoms with Gasteiger partial charge in [-0.05, 0) is 24.1 Å². The number of carbonyl (C=O) groups excluding carboxylic acids is 1. The van der Waals surface area contributed by atoms with Crippen molar-refractivity contribution in [3.63, 3.8) is 0 Å². The van der Waals surface area contributed by atoms with Crippen LogP contribution in [0.1, 0.15) is 12.0 Å². The summed E-state index contributed by atoms with van der Waals surface area (Å²) in [6.07, 6.45) is 0.655. The largest absolute Gasteiger partial charge is 0.342 e. The highest BCUT2D eigenvalue weighted by atomic mass is 35.5. The van der Waals surface area contributed by atoms with Crippen molar-refractivity contribution >= 4 is 39.3 Å². The van der Waals surface area contributed by atoms with Crippen molar-refractivity contribution in [2.24, 2.45) is 5.92 Å². The molecule has 0 saturated carbocycles. The third kappa shape index (κ3) is 4.83. The molecule has 1 aliphatic rings. The second kappa shape index (κ2) is 6.50. The first kappa shape index (κ1) is 16.5. The van der Waals surface area contributed by atoms with Gasteiger partial charge in [0.2, 0.25) is 5.91 Å². The fourth-order valence-electron chi connectivity index (χ4n) is 2.42. The van der Waals surface area contributed by atoms with Gasteiger partial charge in [0.05, 0.1) is 15.8 Å². The van der Waals surface area contributed by atoms with Crippen LogP contribution < -0.4 is 0 Å². The topological polar surface area (TPSA) is 54.5 Å². The van der Waals surface area contributed by atoms with E-state index in [4.69, 9.17) is 23.2 Å². The maximum absolute atomic E-state index is 12.6. The van der Waals surface area contributed by atoms with Crippen LogP contribution in [-0.4, -0.2) is 38.1 Å². The lowest BCUT2D eigenvalue weighted by molar-refractivity contribution is -0.127. The quantitative estimate of drug-likeness (QED) is 0.764. The monoisotopic (exact) mass is 353 g/mol. The van der Waals surface area contributed by atoms with Crippen LogP contribution in [0.15, 0.2) is 18.2 Å². The van der Waals surface area contributed by atoms with Gasteiger partial charge in [0, 0.05) is 25.4 Å². The van der Waals surface area contributed by atoms with Gasteiger partial charge in [-0.15, -0.1) is 3.89 Å². The first-order chi connectivity index (χ1) is 9.74. The summed E-state index contributed by atoms with van der Waals surface area (Å²) in [5.74, 6) is -1.22. The molecule has 1 heterocycles. The van der Waals surface area contributed by atoms with Crippen LogP contribution in [0.5, 0.6) is 0 Å². The number of halogens is 3. The van der Waals surface area contributed by atoms with Crippen LogP contribution in [0.4, 0.5) is 3.89 Å². The van der Waals surface area contributed by atoms with E-state index in [0.29, 0.717) is 23.0 Å². The van der Waals surface area contributed by atoms with Crippen LogP contribution in [0, 0.1) is 5.92 Å². The van der Waals surface area contributed by atoms with Gasteiger partial charge in [-0.3, -0.25) is 4.79 Å². The molecular weight excluding hydrogens is 340 g/mol. The van der Waals surface area contributed by atoms with E-state index in [9.17, 15) is 17.1 Å². The minimum Gasteiger partial charge on any atom is -0.342 e. The van der Waals surface area contributed by atoms with Crippen LogP contribution in [0.25, 0.3) is 0 Å². The minimum atomic E-state index is -4.54. The van der Waals surface area contributed by atoms with E-state index < -0.39 is 21.9 Å². The SMILES string of the molecule is O=C1CC(CS(=O)(=O)F)CN1CCc1ccc(Cl)c(Cl)c1. The molecule has 1 unspecified atom stereocenters. The average molecular weight is 354 g/mol. The number of likely N-dealkylation sites (tertiary alicyclic amines) is 1. The highest BCUT2D eigenvalue weighted by Crippen LogP contribution is 2.24. The third-order valence-corrected chi connectivity index (χ3v) is 4.99. The molecule has 0 spiro atoms. The average Bonchev–Trinajstić information content (AvgIpc) is 2.68. The lowest BCUT2D eigenvalue weighted by Gasteiger charge is -2.16. The molecule has 1 saturated heterocycles. The number of hydrogen-bond donors (Lipinski definition) is 0. The number of rotatable bonds is 5. The molecule has 1 amide bonds. The van der Waals surface area contributed by atoms with E-state index in [0.717, 1.165) is 5.56 Å². The molecule has 0 bridgehead atoms. The molecule has 8 heteroatoms. The van der Waals surface area contributed by atoms with E-state index in [2.05, 4.69) is 0 Å². The predicted octanol–water partition coefficient (Wildman–Crippen LogP) is 2.68. The van der Waals surface area contributed by atoms with Gasteiger partial charge in [0.15, 0.2) is 0 Å². The Balaban J connectivity index is 1.91. The van der Waals surface area contributed by atoms with Gasteiger partial charge >= 0.3 is 10.2 Å². The number of benzene rings is 1. The second-order valence-corrected chi connectivity index (χ2v) is 7.34. The normalized spacial score (nSPS) is 19.3. The van der Waals surface area contributed by atoms with Crippen molar-refractivity contribution in [1.29, 1.82) is 0 Å². The maximum atomic E-state index is 12.6. The first-order valence-corrected chi connectivity index (χ1v) is 8.69. The summed E-state index contributed by atoms with van der Waals surface area (Å²) in [5, 5.41) is 0.911. The first-order valence-electron chi connectivity index (χ1n) is 6.38. The summed E-state index contributed by atoms with van der Waals surface area (Å²) < 4.78 is 33.9. The summed E-state index contributed by atoms with van der Waals surface area (Å²) in [7, 11) is -4.54. The standard InChI is InChI=1S/C13H14Cl2FNO3S/c14-11-2-1-9(5-12(11)15)3-4-17-7-10(6-13(17)18)8-21(16,19)20/h1-2,5,10H,3-4,6-8H2. The highest BCUT2D eigenvalue weighted by Gasteiger charge is 2.32. The Morgan fingerprint density at radius 3 is 2.62 bits per heavy atom. The molecule has 2 rings (SSSR count). The van der Waals surface area contributed by atoms with Gasteiger partial charge in [-0.1, -0.05) is 29.3 Å². The minimum absolute atomic E-state index is 0.0739. The molecule has 1 aliphatic heterocycles. The van der Waals surface area contributed by atoms with Crippen LogP contribution in [0.2, 0.25) is 10.0 Å². The van der Waals surface area contributed by atoms with Gasteiger partial charge < -0.3 is 4.90 Å². The zero-order valence-electron chi connectivity index (χ0n) is 11.1. The van der Waals surface area contributed by atoms with E-state index in [-0.39, 0.29) is 18.9 Å². The van der Waals surface area contributed by atoms with Crippen molar-refractivity contribution in [1.82, 2.24) is 4.90 Å². The molecule has 1 fully saturated rings. The van der Waals surface area contributed by atoms with E-state index in [1.165, 1.54) is 0 Å². The summed E-state index contributed by atoms with van der Waals surface area (Å²) >= 11 is 11.7. The van der Waals surface area contributed by atoms with Gasteiger partial charge in [0.1, 0.15) is 0 Å². The van der Waals surface area contributed by atoms with Crippen LogP contribution in [0.3, 0.4) is 0 Å². The van der Waals surface area contributed by atoms with Gasteiger partial charge in [0.25, 0.3) is 0 Å². The van der Waals surface area contributed by atoms with Crippen molar-refractivity contribution < 1.29 is 17.1 Å². The highest BCUT2D eigenvalue weighted by molar-refractivity contribution is 7.86. The summed E-state index contributed by atoms with van der Waals surface area (Å²) in [4.78, 5) is 13.3. The molecule has 4 nitrogen and oxygen atoms in total. The third-order valence-electron chi connectivity index (χ3n) is 3.38. The summed E-state index contributed by atoms with van der Waals surface area (Å²) in [5.41, 5.74) is 0.929. The van der Waals surface area contributed by atoms with E-state index in [1.54, 1.807) is 17.0 Å². The second-order valence-electron chi connectivity index (χ2n) is 5.11. The Morgan fingerprint density at radius 1 is 1.29 bits per heavy atom. The van der Waals surface area contributed by atoms with Crippen molar-refractivity contribution in [3.05, 3.63) is 33.8 Å². The molecule has 0 aromatic heterocycles. The van der Waals surface area contributed by atoms with E-state index in [1.807, 2.05) is 6.07 Å². The Morgan fingerprint density at radius 2 is 2.00 bits per heavy atom. The van der Waals surface area contributed by atoms with Crippen LogP contribution >= 0.6 is 23.2 Å².